The molecule has 3 nitrogen and oxygen atoms in total. The van der Waals surface area contributed by atoms with Gasteiger partial charge in [0.25, 0.3) is 0 Å². The van der Waals surface area contributed by atoms with Crippen LogP contribution in [0, 0.1) is 5.92 Å². The molecule has 0 bridgehead atoms. The van der Waals surface area contributed by atoms with Crippen LogP contribution < -0.4 is 0 Å². The Morgan fingerprint density at radius 3 is 2.80 bits per heavy atom. The van der Waals surface area contributed by atoms with Crippen molar-refractivity contribution in [2.24, 2.45) is 5.92 Å². The number of rotatable bonds is 1. The second kappa shape index (κ2) is 3.08. The van der Waals surface area contributed by atoms with E-state index >= 15 is 0 Å². The van der Waals surface area contributed by atoms with Gasteiger partial charge < -0.3 is 9.47 Å². The number of esters is 1. The first-order chi connectivity index (χ1) is 6.89. The molecule has 3 heteroatoms. The molecule has 84 valence electrons. The highest BCUT2D eigenvalue weighted by atomic mass is 16.5. The van der Waals surface area contributed by atoms with Gasteiger partial charge >= 0.3 is 5.97 Å². The highest BCUT2D eigenvalue weighted by Crippen LogP contribution is 2.50. The summed E-state index contributed by atoms with van der Waals surface area (Å²) in [5.41, 5.74) is 0.121. The molecule has 0 spiro atoms. The van der Waals surface area contributed by atoms with E-state index in [2.05, 4.69) is 13.8 Å². The van der Waals surface area contributed by atoms with Crippen LogP contribution in [-0.2, 0) is 14.3 Å². The van der Waals surface area contributed by atoms with Gasteiger partial charge in [-0.2, -0.15) is 0 Å². The Morgan fingerprint density at radius 2 is 2.20 bits per heavy atom. The fourth-order valence-corrected chi connectivity index (χ4v) is 2.63. The van der Waals surface area contributed by atoms with Crippen LogP contribution >= 0.6 is 0 Å². The summed E-state index contributed by atoms with van der Waals surface area (Å²) in [6.07, 6.45) is 4.11. The minimum Gasteiger partial charge on any atom is -0.466 e. The van der Waals surface area contributed by atoms with E-state index in [9.17, 15) is 4.79 Å². The monoisotopic (exact) mass is 210 g/mol. The Labute approximate surface area is 90.4 Å². The SMILES string of the molecule is COC(=O)C1=C[C@@H]2CCC(C)(C)O[C@]12C. The predicted molar refractivity (Wildman–Crippen MR) is 56.4 cm³/mol. The van der Waals surface area contributed by atoms with Crippen LogP contribution in [0.3, 0.4) is 0 Å². The topological polar surface area (TPSA) is 35.5 Å². The summed E-state index contributed by atoms with van der Waals surface area (Å²) in [4.78, 5) is 11.5. The lowest BCUT2D eigenvalue weighted by molar-refractivity contribution is -0.185. The molecule has 0 radical (unpaired) electrons. The molecule has 2 atom stereocenters. The van der Waals surface area contributed by atoms with Crippen molar-refractivity contribution in [1.82, 2.24) is 0 Å². The van der Waals surface area contributed by atoms with Gasteiger partial charge in [0, 0.05) is 5.92 Å². The quantitative estimate of drug-likeness (QED) is 0.621. The Hall–Kier alpha value is -0.830. The minimum absolute atomic E-state index is 0.140. The number of hydrogen-bond donors (Lipinski definition) is 0. The van der Waals surface area contributed by atoms with Crippen molar-refractivity contribution in [3.63, 3.8) is 0 Å². The molecular weight excluding hydrogens is 192 g/mol. The third-order valence-corrected chi connectivity index (χ3v) is 3.56. The number of carbonyl (C=O) groups excluding carboxylic acids is 1. The maximum atomic E-state index is 11.5. The standard InChI is InChI=1S/C12H18O3/c1-11(2)6-5-8-7-9(10(13)14-4)12(8,3)15-11/h7-8H,5-6H2,1-4H3/t8-,12-/m0/s1. The van der Waals surface area contributed by atoms with Crippen LogP contribution in [-0.4, -0.2) is 24.3 Å². The van der Waals surface area contributed by atoms with Crippen LogP contribution in [0.4, 0.5) is 0 Å². The summed E-state index contributed by atoms with van der Waals surface area (Å²) in [7, 11) is 1.41. The molecule has 15 heavy (non-hydrogen) atoms. The molecule has 1 aliphatic carbocycles. The molecule has 1 heterocycles. The molecule has 0 amide bonds. The molecule has 1 aliphatic heterocycles. The third kappa shape index (κ3) is 1.49. The van der Waals surface area contributed by atoms with Gasteiger partial charge in [-0.1, -0.05) is 6.08 Å². The Morgan fingerprint density at radius 1 is 1.53 bits per heavy atom. The first-order valence-electron chi connectivity index (χ1n) is 5.40. The lowest BCUT2D eigenvalue weighted by Crippen LogP contribution is -2.56. The Kier molecular flexibility index (Phi) is 2.19. The van der Waals surface area contributed by atoms with E-state index in [1.165, 1.54) is 7.11 Å². The fourth-order valence-electron chi connectivity index (χ4n) is 2.63. The van der Waals surface area contributed by atoms with Crippen molar-refractivity contribution in [3.05, 3.63) is 11.6 Å². The highest BCUT2D eigenvalue weighted by Gasteiger charge is 2.54. The first-order valence-corrected chi connectivity index (χ1v) is 5.40. The first kappa shape index (κ1) is 10.7. The third-order valence-electron chi connectivity index (χ3n) is 3.56. The summed E-state index contributed by atoms with van der Waals surface area (Å²) in [6, 6.07) is 0. The highest BCUT2D eigenvalue weighted by molar-refractivity contribution is 5.93. The average Bonchev–Trinajstić information content (AvgIpc) is 2.12. The minimum atomic E-state index is -0.422. The van der Waals surface area contributed by atoms with Gasteiger partial charge in [0.05, 0.1) is 18.3 Å². The Balaban J connectivity index is 2.23. The van der Waals surface area contributed by atoms with Crippen molar-refractivity contribution in [1.29, 1.82) is 0 Å². The van der Waals surface area contributed by atoms with Gasteiger partial charge in [0.1, 0.15) is 5.60 Å². The number of hydrogen-bond acceptors (Lipinski definition) is 3. The number of fused-ring (bicyclic) bond motifs is 1. The molecule has 0 aromatic heterocycles. The molecule has 0 saturated carbocycles. The van der Waals surface area contributed by atoms with E-state index in [0.717, 1.165) is 12.8 Å². The Bertz CT molecular complexity index is 330. The molecule has 0 aromatic rings. The summed E-state index contributed by atoms with van der Waals surface area (Å²) in [5.74, 6) is 0.117. The zero-order chi connectivity index (χ0) is 11.3. The maximum Gasteiger partial charge on any atom is 0.336 e. The number of ether oxygens (including phenoxy) is 2. The molecule has 1 fully saturated rings. The van der Waals surface area contributed by atoms with E-state index in [1.807, 2.05) is 13.0 Å². The lowest BCUT2D eigenvalue weighted by atomic mass is 9.66. The van der Waals surface area contributed by atoms with Gasteiger partial charge in [-0.3, -0.25) is 0 Å². The summed E-state index contributed by atoms with van der Waals surface area (Å²) < 4.78 is 10.8. The van der Waals surface area contributed by atoms with Gasteiger partial charge in [0.2, 0.25) is 0 Å². The second-order valence-corrected chi connectivity index (χ2v) is 5.19. The van der Waals surface area contributed by atoms with Crippen molar-refractivity contribution < 1.29 is 14.3 Å². The van der Waals surface area contributed by atoms with Gasteiger partial charge in [0.15, 0.2) is 0 Å². The summed E-state index contributed by atoms with van der Waals surface area (Å²) in [5, 5.41) is 0. The largest absolute Gasteiger partial charge is 0.466 e. The molecular formula is C12H18O3. The second-order valence-electron chi connectivity index (χ2n) is 5.19. The van der Waals surface area contributed by atoms with E-state index in [-0.39, 0.29) is 11.6 Å². The summed E-state index contributed by atoms with van der Waals surface area (Å²) in [6.45, 7) is 6.13. The van der Waals surface area contributed by atoms with Gasteiger partial charge in [-0.15, -0.1) is 0 Å². The molecule has 0 unspecified atom stereocenters. The van der Waals surface area contributed by atoms with Crippen LogP contribution in [0.25, 0.3) is 0 Å². The molecule has 0 aromatic carbocycles. The fraction of sp³-hybridized carbons (Fsp3) is 0.750. The van der Waals surface area contributed by atoms with Gasteiger partial charge in [-0.05, 0) is 33.6 Å². The van der Waals surface area contributed by atoms with E-state index < -0.39 is 5.60 Å². The maximum absolute atomic E-state index is 11.5. The smallest absolute Gasteiger partial charge is 0.336 e. The van der Waals surface area contributed by atoms with Crippen LogP contribution in [0.2, 0.25) is 0 Å². The predicted octanol–water partition coefficient (Wildman–Crippen LogP) is 2.06. The summed E-state index contributed by atoms with van der Waals surface area (Å²) >= 11 is 0. The normalized spacial score (nSPS) is 37.3. The van der Waals surface area contributed by atoms with E-state index in [0.29, 0.717) is 11.5 Å². The molecule has 1 saturated heterocycles. The molecule has 0 N–H and O–H groups in total. The van der Waals surface area contributed by atoms with Crippen LogP contribution in [0.15, 0.2) is 11.6 Å². The molecule has 2 rings (SSSR count). The van der Waals surface area contributed by atoms with Crippen molar-refractivity contribution >= 4 is 5.97 Å². The van der Waals surface area contributed by atoms with E-state index in [1.54, 1.807) is 0 Å². The number of methoxy groups -OCH3 is 1. The lowest BCUT2D eigenvalue weighted by Gasteiger charge is -2.53. The van der Waals surface area contributed by atoms with Crippen molar-refractivity contribution in [2.45, 2.75) is 44.8 Å². The average molecular weight is 210 g/mol. The van der Waals surface area contributed by atoms with E-state index in [4.69, 9.17) is 9.47 Å². The molecule has 2 aliphatic rings. The van der Waals surface area contributed by atoms with Crippen molar-refractivity contribution in [2.75, 3.05) is 7.11 Å². The zero-order valence-corrected chi connectivity index (χ0v) is 9.79. The van der Waals surface area contributed by atoms with Crippen molar-refractivity contribution in [3.8, 4) is 0 Å². The zero-order valence-electron chi connectivity index (χ0n) is 9.79. The van der Waals surface area contributed by atoms with Crippen LogP contribution in [0.1, 0.15) is 33.6 Å². The number of carbonyl (C=O) groups is 1. The van der Waals surface area contributed by atoms with Gasteiger partial charge in [-0.25, -0.2) is 4.79 Å². The van der Waals surface area contributed by atoms with Crippen LogP contribution in [0.5, 0.6) is 0 Å².